The molecule has 2 aromatic rings. The van der Waals surface area contributed by atoms with Crippen LogP contribution in [0.25, 0.3) is 0 Å². The van der Waals surface area contributed by atoms with Crippen LogP contribution in [0.2, 0.25) is 10.0 Å². The molecule has 2 rings (SSSR count). The van der Waals surface area contributed by atoms with Gasteiger partial charge in [-0.3, -0.25) is 9.52 Å². The monoisotopic (exact) mass is 430 g/mol. The minimum atomic E-state index is -3.79. The highest BCUT2D eigenvalue weighted by molar-refractivity contribution is 7.92. The maximum Gasteiger partial charge on any atom is 0.261 e. The van der Waals surface area contributed by atoms with Crippen molar-refractivity contribution in [2.24, 2.45) is 0 Å². The molecule has 0 atom stereocenters. The number of sulfonamides is 1. The Labute approximate surface area is 168 Å². The van der Waals surface area contributed by atoms with E-state index < -0.39 is 10.0 Å². The maximum absolute atomic E-state index is 12.4. The van der Waals surface area contributed by atoms with Crippen LogP contribution in [-0.4, -0.2) is 27.5 Å². The van der Waals surface area contributed by atoms with Crippen molar-refractivity contribution in [2.45, 2.75) is 24.7 Å². The van der Waals surface area contributed by atoms with Crippen molar-refractivity contribution in [1.82, 2.24) is 5.32 Å². The third kappa shape index (κ3) is 6.61. The minimum Gasteiger partial charge on any atom is -0.484 e. The van der Waals surface area contributed by atoms with E-state index >= 15 is 0 Å². The molecule has 27 heavy (non-hydrogen) atoms. The lowest BCUT2D eigenvalue weighted by atomic mass is 10.3. The smallest absolute Gasteiger partial charge is 0.261 e. The SMILES string of the molecule is CCCCNC(=O)COc1ccc(S(=O)(=O)Nc2ccc(Cl)c(Cl)c2)cc1. The summed E-state index contributed by atoms with van der Waals surface area (Å²) >= 11 is 11.7. The summed E-state index contributed by atoms with van der Waals surface area (Å²) in [5.74, 6) is 0.176. The van der Waals surface area contributed by atoms with Crippen molar-refractivity contribution in [3.8, 4) is 5.75 Å². The van der Waals surface area contributed by atoms with Crippen molar-refractivity contribution < 1.29 is 17.9 Å². The summed E-state index contributed by atoms with van der Waals surface area (Å²) < 4.78 is 32.6. The summed E-state index contributed by atoms with van der Waals surface area (Å²) in [7, 11) is -3.79. The Hall–Kier alpha value is -1.96. The Kier molecular flexibility index (Phi) is 7.77. The molecule has 2 aromatic carbocycles. The Morgan fingerprint density at radius 1 is 1.07 bits per heavy atom. The third-order valence-corrected chi connectivity index (χ3v) is 5.66. The molecule has 0 aromatic heterocycles. The van der Waals surface area contributed by atoms with Gasteiger partial charge in [0.1, 0.15) is 5.75 Å². The number of unbranched alkanes of at least 4 members (excludes halogenated alkanes) is 1. The van der Waals surface area contributed by atoms with E-state index in [0.29, 0.717) is 23.0 Å². The van der Waals surface area contributed by atoms with Gasteiger partial charge in [-0.15, -0.1) is 0 Å². The predicted molar refractivity (Wildman–Crippen MR) is 107 cm³/mol. The van der Waals surface area contributed by atoms with Gasteiger partial charge in [0.15, 0.2) is 6.61 Å². The van der Waals surface area contributed by atoms with Gasteiger partial charge in [-0.05, 0) is 48.9 Å². The molecule has 1 amide bonds. The zero-order chi connectivity index (χ0) is 19.9. The summed E-state index contributed by atoms with van der Waals surface area (Å²) in [6.45, 7) is 2.52. The van der Waals surface area contributed by atoms with Crippen LogP contribution in [0.5, 0.6) is 5.75 Å². The second-order valence-electron chi connectivity index (χ2n) is 5.70. The number of ether oxygens (including phenoxy) is 1. The molecule has 0 saturated heterocycles. The maximum atomic E-state index is 12.4. The highest BCUT2D eigenvalue weighted by atomic mass is 35.5. The zero-order valence-corrected chi connectivity index (χ0v) is 17.0. The van der Waals surface area contributed by atoms with Crippen molar-refractivity contribution in [3.05, 3.63) is 52.5 Å². The lowest BCUT2D eigenvalue weighted by Crippen LogP contribution is -2.29. The van der Waals surface area contributed by atoms with Gasteiger partial charge < -0.3 is 10.1 Å². The Morgan fingerprint density at radius 3 is 2.41 bits per heavy atom. The van der Waals surface area contributed by atoms with E-state index in [4.69, 9.17) is 27.9 Å². The predicted octanol–water partition coefficient (Wildman–Crippen LogP) is 4.09. The first-order valence-electron chi connectivity index (χ1n) is 8.29. The fourth-order valence-corrected chi connectivity index (χ4v) is 3.44. The number of rotatable bonds is 9. The number of amides is 1. The van der Waals surface area contributed by atoms with E-state index in [9.17, 15) is 13.2 Å². The van der Waals surface area contributed by atoms with E-state index in [2.05, 4.69) is 10.0 Å². The molecule has 0 aliphatic heterocycles. The van der Waals surface area contributed by atoms with Crippen LogP contribution in [-0.2, 0) is 14.8 Å². The zero-order valence-electron chi connectivity index (χ0n) is 14.7. The van der Waals surface area contributed by atoms with Gasteiger partial charge in [-0.2, -0.15) is 0 Å². The molecule has 0 heterocycles. The molecule has 0 unspecified atom stereocenters. The molecule has 0 spiro atoms. The number of carbonyl (C=O) groups is 1. The van der Waals surface area contributed by atoms with E-state index in [1.807, 2.05) is 6.92 Å². The van der Waals surface area contributed by atoms with Gasteiger partial charge in [-0.25, -0.2) is 8.42 Å². The second-order valence-corrected chi connectivity index (χ2v) is 8.19. The first-order chi connectivity index (χ1) is 12.8. The van der Waals surface area contributed by atoms with E-state index in [-0.39, 0.29) is 22.4 Å². The minimum absolute atomic E-state index is 0.0494. The molecule has 0 fully saturated rings. The third-order valence-electron chi connectivity index (χ3n) is 3.53. The van der Waals surface area contributed by atoms with E-state index in [0.717, 1.165) is 12.8 Å². The largest absolute Gasteiger partial charge is 0.484 e. The standard InChI is InChI=1S/C18H20Cl2N2O4S/c1-2-3-10-21-18(23)12-26-14-5-7-15(8-6-14)27(24,25)22-13-4-9-16(19)17(20)11-13/h4-9,11,22H,2-3,10,12H2,1H3,(H,21,23). The summed E-state index contributed by atoms with van der Waals surface area (Å²) in [6.07, 6.45) is 1.90. The first-order valence-corrected chi connectivity index (χ1v) is 10.5. The number of benzene rings is 2. The molecular formula is C18H20Cl2N2O4S. The van der Waals surface area contributed by atoms with E-state index in [1.165, 1.54) is 42.5 Å². The second kappa shape index (κ2) is 9.82. The molecule has 0 radical (unpaired) electrons. The summed E-state index contributed by atoms with van der Waals surface area (Å²) in [4.78, 5) is 11.7. The average Bonchev–Trinajstić information content (AvgIpc) is 2.63. The fraction of sp³-hybridized carbons (Fsp3) is 0.278. The lowest BCUT2D eigenvalue weighted by molar-refractivity contribution is -0.123. The number of halogens is 2. The van der Waals surface area contributed by atoms with Gasteiger partial charge in [0.2, 0.25) is 0 Å². The Morgan fingerprint density at radius 2 is 1.78 bits per heavy atom. The molecule has 0 aliphatic rings. The van der Waals surface area contributed by atoms with Gasteiger partial charge >= 0.3 is 0 Å². The van der Waals surface area contributed by atoms with Crippen LogP contribution in [0, 0.1) is 0 Å². The van der Waals surface area contributed by atoms with Crippen LogP contribution in [0.3, 0.4) is 0 Å². The Balaban J connectivity index is 1.96. The number of carbonyl (C=O) groups excluding carboxylic acids is 1. The quantitative estimate of drug-likeness (QED) is 0.586. The van der Waals surface area contributed by atoms with Crippen molar-refractivity contribution >= 4 is 44.8 Å². The van der Waals surface area contributed by atoms with Crippen molar-refractivity contribution in [1.29, 1.82) is 0 Å². The summed E-state index contributed by atoms with van der Waals surface area (Å²) in [5, 5.41) is 3.32. The Bertz CT molecular complexity index is 887. The molecule has 9 heteroatoms. The van der Waals surface area contributed by atoms with Gasteiger partial charge in [-0.1, -0.05) is 36.5 Å². The first kappa shape index (κ1) is 21.3. The van der Waals surface area contributed by atoms with Crippen molar-refractivity contribution in [2.75, 3.05) is 17.9 Å². The summed E-state index contributed by atoms with van der Waals surface area (Å²) in [6, 6.07) is 10.2. The molecule has 0 bridgehead atoms. The van der Waals surface area contributed by atoms with Crippen LogP contribution in [0.15, 0.2) is 47.4 Å². The number of hydrogen-bond acceptors (Lipinski definition) is 4. The topological polar surface area (TPSA) is 84.5 Å². The normalized spacial score (nSPS) is 11.1. The highest BCUT2D eigenvalue weighted by Gasteiger charge is 2.15. The summed E-state index contributed by atoms with van der Waals surface area (Å²) in [5.41, 5.74) is 0.300. The number of anilines is 1. The van der Waals surface area contributed by atoms with Crippen LogP contribution >= 0.6 is 23.2 Å². The van der Waals surface area contributed by atoms with Gasteiger partial charge in [0.25, 0.3) is 15.9 Å². The van der Waals surface area contributed by atoms with Crippen LogP contribution in [0.1, 0.15) is 19.8 Å². The molecular weight excluding hydrogens is 411 g/mol. The molecule has 0 aliphatic carbocycles. The van der Waals surface area contributed by atoms with Gasteiger partial charge in [0, 0.05) is 6.54 Å². The van der Waals surface area contributed by atoms with Gasteiger partial charge in [0.05, 0.1) is 20.6 Å². The highest BCUT2D eigenvalue weighted by Crippen LogP contribution is 2.26. The van der Waals surface area contributed by atoms with Crippen LogP contribution < -0.4 is 14.8 Å². The van der Waals surface area contributed by atoms with E-state index in [1.54, 1.807) is 0 Å². The lowest BCUT2D eigenvalue weighted by Gasteiger charge is -2.10. The van der Waals surface area contributed by atoms with Crippen molar-refractivity contribution in [3.63, 3.8) is 0 Å². The fourth-order valence-electron chi connectivity index (χ4n) is 2.09. The average molecular weight is 431 g/mol. The molecule has 146 valence electrons. The van der Waals surface area contributed by atoms with Crippen LogP contribution in [0.4, 0.5) is 5.69 Å². The number of hydrogen-bond donors (Lipinski definition) is 2. The molecule has 6 nitrogen and oxygen atoms in total. The number of nitrogens with one attached hydrogen (secondary N) is 2. The molecule has 2 N–H and O–H groups in total. The molecule has 0 saturated carbocycles.